The highest BCUT2D eigenvalue weighted by Gasteiger charge is 2.31. The van der Waals surface area contributed by atoms with Crippen molar-refractivity contribution in [1.82, 2.24) is 4.90 Å². The summed E-state index contributed by atoms with van der Waals surface area (Å²) in [6.45, 7) is 1.05. The quantitative estimate of drug-likeness (QED) is 0.802. The zero-order valence-electron chi connectivity index (χ0n) is 11.2. The number of carbonyl (C=O) groups excluding carboxylic acids is 2. The Labute approximate surface area is 123 Å². The zero-order chi connectivity index (χ0) is 13.8. The fourth-order valence-corrected chi connectivity index (χ4v) is 2.28. The van der Waals surface area contributed by atoms with Crippen molar-refractivity contribution in [1.29, 1.82) is 0 Å². The Bertz CT molecular complexity index is 468. The number of ether oxygens (including phenoxy) is 1. The van der Waals surface area contributed by atoms with Crippen molar-refractivity contribution in [2.75, 3.05) is 20.2 Å². The van der Waals surface area contributed by atoms with E-state index < -0.39 is 6.04 Å². The van der Waals surface area contributed by atoms with E-state index in [1.165, 1.54) is 19.2 Å². The largest absolute Gasteiger partial charge is 0.468 e. The van der Waals surface area contributed by atoms with Crippen LogP contribution in [0.2, 0.25) is 0 Å². The normalized spacial score (nSPS) is 17.2. The summed E-state index contributed by atoms with van der Waals surface area (Å²) in [5, 5.41) is 0. The van der Waals surface area contributed by atoms with Gasteiger partial charge in [-0.05, 0) is 17.7 Å². The summed E-state index contributed by atoms with van der Waals surface area (Å²) in [6, 6.07) is 5.22. The Balaban J connectivity index is 0.00000200. The van der Waals surface area contributed by atoms with Gasteiger partial charge in [0.1, 0.15) is 17.6 Å². The molecule has 1 fully saturated rings. The Morgan fingerprint density at radius 2 is 1.80 bits per heavy atom. The molecule has 0 radical (unpaired) electrons. The summed E-state index contributed by atoms with van der Waals surface area (Å²) >= 11 is 0. The molecule has 6 heteroatoms. The van der Waals surface area contributed by atoms with Crippen LogP contribution in [-0.4, -0.2) is 36.9 Å². The SMILES string of the molecule is COC(=O)[C@H](c1ccc(F)cc1)N1CCC(=O)CC1.Cl. The molecule has 2 rings (SSSR count). The lowest BCUT2D eigenvalue weighted by molar-refractivity contribution is -0.148. The van der Waals surface area contributed by atoms with Crippen LogP contribution in [0, 0.1) is 5.82 Å². The van der Waals surface area contributed by atoms with Crippen molar-refractivity contribution in [3.05, 3.63) is 35.6 Å². The minimum Gasteiger partial charge on any atom is -0.468 e. The number of ketones is 1. The minimum absolute atomic E-state index is 0. The predicted octanol–water partition coefficient (Wildman–Crippen LogP) is 2.13. The fraction of sp³-hybridized carbons (Fsp3) is 0.429. The number of piperidine rings is 1. The first-order chi connectivity index (χ1) is 9.11. The number of hydrogen-bond donors (Lipinski definition) is 0. The molecule has 1 aliphatic heterocycles. The first kappa shape index (κ1) is 16.6. The van der Waals surface area contributed by atoms with Crippen LogP contribution >= 0.6 is 12.4 Å². The van der Waals surface area contributed by atoms with Crippen LogP contribution < -0.4 is 0 Å². The molecule has 0 aliphatic carbocycles. The van der Waals surface area contributed by atoms with E-state index in [4.69, 9.17) is 4.74 Å². The van der Waals surface area contributed by atoms with Gasteiger partial charge < -0.3 is 4.74 Å². The molecule has 0 amide bonds. The fourth-order valence-electron chi connectivity index (χ4n) is 2.28. The van der Waals surface area contributed by atoms with E-state index in [1.54, 1.807) is 12.1 Å². The number of benzene rings is 1. The van der Waals surface area contributed by atoms with E-state index in [0.29, 0.717) is 31.5 Å². The number of rotatable bonds is 3. The van der Waals surface area contributed by atoms with Gasteiger partial charge in [-0.15, -0.1) is 12.4 Å². The first-order valence-corrected chi connectivity index (χ1v) is 6.21. The molecule has 110 valence electrons. The summed E-state index contributed by atoms with van der Waals surface area (Å²) in [7, 11) is 1.33. The number of esters is 1. The Morgan fingerprint density at radius 3 is 2.30 bits per heavy atom. The Kier molecular flexibility index (Phi) is 6.10. The first-order valence-electron chi connectivity index (χ1n) is 6.21. The summed E-state index contributed by atoms with van der Waals surface area (Å²) in [5.74, 6) is -0.527. The van der Waals surface area contributed by atoms with Crippen molar-refractivity contribution in [2.24, 2.45) is 0 Å². The van der Waals surface area contributed by atoms with Crippen molar-refractivity contribution in [2.45, 2.75) is 18.9 Å². The van der Waals surface area contributed by atoms with Gasteiger partial charge in [-0.25, -0.2) is 9.18 Å². The lowest BCUT2D eigenvalue weighted by atomic mass is 10.0. The second-order valence-electron chi connectivity index (χ2n) is 4.55. The van der Waals surface area contributed by atoms with Gasteiger partial charge in [0.15, 0.2) is 0 Å². The summed E-state index contributed by atoms with van der Waals surface area (Å²) < 4.78 is 17.8. The molecule has 0 saturated carbocycles. The molecule has 0 N–H and O–H groups in total. The monoisotopic (exact) mass is 301 g/mol. The molecule has 0 aromatic heterocycles. The van der Waals surface area contributed by atoms with E-state index in [1.807, 2.05) is 4.90 Å². The highest BCUT2D eigenvalue weighted by atomic mass is 35.5. The number of hydrogen-bond acceptors (Lipinski definition) is 4. The number of halogens is 2. The van der Waals surface area contributed by atoms with E-state index in [0.717, 1.165) is 0 Å². The highest BCUT2D eigenvalue weighted by Crippen LogP contribution is 2.25. The second-order valence-corrected chi connectivity index (χ2v) is 4.55. The average Bonchev–Trinajstić information content (AvgIpc) is 2.43. The lowest BCUT2D eigenvalue weighted by Crippen LogP contribution is -2.40. The maximum atomic E-state index is 13.0. The van der Waals surface area contributed by atoms with Gasteiger partial charge in [-0.1, -0.05) is 12.1 Å². The molecular weight excluding hydrogens is 285 g/mol. The molecule has 0 unspecified atom stereocenters. The van der Waals surface area contributed by atoms with Gasteiger partial charge >= 0.3 is 5.97 Å². The molecule has 20 heavy (non-hydrogen) atoms. The molecule has 4 nitrogen and oxygen atoms in total. The lowest BCUT2D eigenvalue weighted by Gasteiger charge is -2.32. The van der Waals surface area contributed by atoms with Crippen LogP contribution in [0.25, 0.3) is 0 Å². The topological polar surface area (TPSA) is 46.6 Å². The van der Waals surface area contributed by atoms with Crippen LogP contribution in [0.5, 0.6) is 0 Å². The van der Waals surface area contributed by atoms with Gasteiger partial charge in [-0.2, -0.15) is 0 Å². The predicted molar refractivity (Wildman–Crippen MR) is 74.2 cm³/mol. The molecule has 1 aliphatic rings. The molecule has 1 atom stereocenters. The minimum atomic E-state index is -0.571. The number of Topliss-reactive ketones (excluding diaryl/α,β-unsaturated/α-hetero) is 1. The van der Waals surface area contributed by atoms with Gasteiger partial charge in [-0.3, -0.25) is 9.69 Å². The standard InChI is InChI=1S/C14H16FNO3.ClH/c1-19-14(18)13(10-2-4-11(15)5-3-10)16-8-6-12(17)7-9-16;/h2-5,13H,6-9H2,1H3;1H/t13-;/m0./s1. The van der Waals surface area contributed by atoms with E-state index in [9.17, 15) is 14.0 Å². The summed E-state index contributed by atoms with van der Waals surface area (Å²) in [5.41, 5.74) is 0.683. The van der Waals surface area contributed by atoms with Crippen LogP contribution in [0.15, 0.2) is 24.3 Å². The van der Waals surface area contributed by atoms with Crippen molar-refractivity contribution in [3.8, 4) is 0 Å². The highest BCUT2D eigenvalue weighted by molar-refractivity contribution is 5.85. The van der Waals surface area contributed by atoms with E-state index >= 15 is 0 Å². The molecule has 0 bridgehead atoms. The van der Waals surface area contributed by atoms with Gasteiger partial charge in [0.2, 0.25) is 0 Å². The zero-order valence-corrected chi connectivity index (χ0v) is 12.0. The summed E-state index contributed by atoms with van der Waals surface area (Å²) in [4.78, 5) is 25.1. The molecule has 1 aromatic rings. The van der Waals surface area contributed by atoms with Gasteiger partial charge in [0.05, 0.1) is 7.11 Å². The third-order valence-electron chi connectivity index (χ3n) is 3.33. The van der Waals surface area contributed by atoms with Crippen LogP contribution in [0.3, 0.4) is 0 Å². The summed E-state index contributed by atoms with van der Waals surface area (Å²) in [6.07, 6.45) is 0.878. The average molecular weight is 302 g/mol. The van der Waals surface area contributed by atoms with Crippen molar-refractivity contribution < 1.29 is 18.7 Å². The van der Waals surface area contributed by atoms with Gasteiger partial charge in [0.25, 0.3) is 0 Å². The third kappa shape index (κ3) is 3.77. The molecular formula is C14H17ClFNO3. The Morgan fingerprint density at radius 1 is 1.25 bits per heavy atom. The third-order valence-corrected chi connectivity index (χ3v) is 3.33. The van der Waals surface area contributed by atoms with E-state index in [2.05, 4.69) is 0 Å². The van der Waals surface area contributed by atoms with Crippen molar-refractivity contribution in [3.63, 3.8) is 0 Å². The number of methoxy groups -OCH3 is 1. The van der Waals surface area contributed by atoms with Crippen LogP contribution in [-0.2, 0) is 14.3 Å². The molecule has 0 spiro atoms. The van der Waals surface area contributed by atoms with E-state index in [-0.39, 0.29) is 30.0 Å². The maximum Gasteiger partial charge on any atom is 0.327 e. The number of nitrogens with zero attached hydrogens (tertiary/aromatic N) is 1. The number of likely N-dealkylation sites (tertiary alicyclic amines) is 1. The second kappa shape index (κ2) is 7.36. The number of carbonyl (C=O) groups is 2. The smallest absolute Gasteiger partial charge is 0.327 e. The Hall–Kier alpha value is -1.46. The molecule has 1 heterocycles. The molecule has 1 aromatic carbocycles. The van der Waals surface area contributed by atoms with Crippen molar-refractivity contribution >= 4 is 24.2 Å². The maximum absolute atomic E-state index is 13.0. The van der Waals surface area contributed by atoms with Crippen LogP contribution in [0.4, 0.5) is 4.39 Å². The van der Waals surface area contributed by atoms with Gasteiger partial charge in [0, 0.05) is 25.9 Å². The molecule has 1 saturated heterocycles. The van der Waals surface area contributed by atoms with Crippen LogP contribution in [0.1, 0.15) is 24.4 Å².